The van der Waals surface area contributed by atoms with Gasteiger partial charge in [0.05, 0.1) is 43.8 Å². The summed E-state index contributed by atoms with van der Waals surface area (Å²) in [7, 11) is 2.39. The van der Waals surface area contributed by atoms with Crippen LogP contribution >= 0.6 is 0 Å². The zero-order chi connectivity index (χ0) is 17.3. The molecule has 0 saturated carbocycles. The van der Waals surface area contributed by atoms with Gasteiger partial charge in [-0.25, -0.2) is 0 Å². The molecular formula is C20H32NO3+. The number of rotatable bonds is 6. The third-order valence-electron chi connectivity index (χ3n) is 6.69. The van der Waals surface area contributed by atoms with Gasteiger partial charge >= 0.3 is 0 Å². The molecular weight excluding hydrogens is 302 g/mol. The molecule has 4 atom stereocenters. The SMILES string of the molecule is CC(C)[N+]1(C)C2CCC1CC(OC(O)C(CO)c1ccccc1)C2. The number of aliphatic hydroxyl groups is 2. The number of benzene rings is 1. The molecule has 2 aliphatic heterocycles. The van der Waals surface area contributed by atoms with Crippen LogP contribution in [-0.4, -0.2) is 58.9 Å². The predicted molar refractivity (Wildman–Crippen MR) is 94.5 cm³/mol. The molecule has 2 aliphatic rings. The molecule has 1 aromatic rings. The number of fused-ring (bicyclic) bond motifs is 2. The third kappa shape index (κ3) is 3.13. The number of hydrogen-bond acceptors (Lipinski definition) is 3. The van der Waals surface area contributed by atoms with Crippen molar-refractivity contribution in [1.29, 1.82) is 0 Å². The van der Waals surface area contributed by atoms with Crippen LogP contribution in [0.15, 0.2) is 30.3 Å². The average Bonchev–Trinajstić information content (AvgIpc) is 2.74. The molecule has 0 radical (unpaired) electrons. The van der Waals surface area contributed by atoms with E-state index in [9.17, 15) is 10.2 Å². The van der Waals surface area contributed by atoms with E-state index in [-0.39, 0.29) is 18.6 Å². The van der Waals surface area contributed by atoms with Gasteiger partial charge in [0.2, 0.25) is 0 Å². The fraction of sp³-hybridized carbons (Fsp3) is 0.700. The Morgan fingerprint density at radius 3 is 2.21 bits per heavy atom. The minimum absolute atomic E-state index is 0.0974. The minimum atomic E-state index is -0.947. The first-order chi connectivity index (χ1) is 11.5. The van der Waals surface area contributed by atoms with Crippen LogP contribution in [0.2, 0.25) is 0 Å². The molecule has 4 unspecified atom stereocenters. The summed E-state index contributed by atoms with van der Waals surface area (Å²) in [6, 6.07) is 11.6. The van der Waals surface area contributed by atoms with E-state index >= 15 is 0 Å². The monoisotopic (exact) mass is 334 g/mol. The van der Waals surface area contributed by atoms with Crippen LogP contribution in [0.25, 0.3) is 0 Å². The van der Waals surface area contributed by atoms with Crippen LogP contribution < -0.4 is 0 Å². The van der Waals surface area contributed by atoms with Crippen molar-refractivity contribution in [3.05, 3.63) is 35.9 Å². The lowest BCUT2D eigenvalue weighted by Gasteiger charge is -2.50. The highest BCUT2D eigenvalue weighted by Gasteiger charge is 2.53. The van der Waals surface area contributed by atoms with Crippen LogP contribution in [0.5, 0.6) is 0 Å². The van der Waals surface area contributed by atoms with E-state index < -0.39 is 6.29 Å². The second kappa shape index (κ2) is 7.12. The van der Waals surface area contributed by atoms with Crippen LogP contribution in [0.4, 0.5) is 0 Å². The standard InChI is InChI=1S/C20H32NO3/c1-14(2)21(3)16-9-10-17(21)12-18(11-16)24-20(23)19(13-22)15-7-5-4-6-8-15/h4-8,14,16-20,22-23H,9-13H2,1-3H3/q+1. The number of quaternary nitrogens is 1. The Balaban J connectivity index is 1.65. The minimum Gasteiger partial charge on any atom is -0.396 e. The average molecular weight is 334 g/mol. The Morgan fingerprint density at radius 1 is 1.12 bits per heavy atom. The van der Waals surface area contributed by atoms with Crippen LogP contribution in [0.3, 0.4) is 0 Å². The molecule has 2 fully saturated rings. The number of nitrogens with zero attached hydrogens (tertiary/aromatic N) is 1. The third-order valence-corrected chi connectivity index (χ3v) is 6.69. The highest BCUT2D eigenvalue weighted by molar-refractivity contribution is 5.20. The van der Waals surface area contributed by atoms with Crippen LogP contribution in [-0.2, 0) is 4.74 Å². The molecule has 3 rings (SSSR count). The van der Waals surface area contributed by atoms with Gasteiger partial charge in [-0.05, 0) is 19.4 Å². The van der Waals surface area contributed by atoms with Crippen molar-refractivity contribution in [1.82, 2.24) is 0 Å². The topological polar surface area (TPSA) is 49.7 Å². The van der Waals surface area contributed by atoms with E-state index in [0.717, 1.165) is 22.9 Å². The molecule has 0 aliphatic carbocycles. The van der Waals surface area contributed by atoms with Crippen molar-refractivity contribution in [2.45, 2.75) is 76.0 Å². The van der Waals surface area contributed by atoms with Crippen molar-refractivity contribution >= 4 is 0 Å². The summed E-state index contributed by atoms with van der Waals surface area (Å²) in [5.74, 6) is -0.378. The molecule has 1 aromatic carbocycles. The predicted octanol–water partition coefficient (Wildman–Crippen LogP) is 2.65. The smallest absolute Gasteiger partial charge is 0.163 e. The molecule has 0 aromatic heterocycles. The number of ether oxygens (including phenoxy) is 1. The summed E-state index contributed by atoms with van der Waals surface area (Å²) >= 11 is 0. The highest BCUT2D eigenvalue weighted by Crippen LogP contribution is 2.44. The largest absolute Gasteiger partial charge is 0.396 e. The van der Waals surface area contributed by atoms with Crippen molar-refractivity contribution in [2.75, 3.05) is 13.7 Å². The van der Waals surface area contributed by atoms with E-state index in [1.54, 1.807) is 0 Å². The zero-order valence-electron chi connectivity index (χ0n) is 15.1. The highest BCUT2D eigenvalue weighted by atomic mass is 16.6. The molecule has 2 bridgehead atoms. The Kier molecular flexibility index (Phi) is 5.30. The van der Waals surface area contributed by atoms with Gasteiger partial charge in [0.25, 0.3) is 0 Å². The first-order valence-corrected chi connectivity index (χ1v) is 9.31. The van der Waals surface area contributed by atoms with Gasteiger partial charge in [0, 0.05) is 25.7 Å². The van der Waals surface area contributed by atoms with Crippen molar-refractivity contribution in [3.8, 4) is 0 Å². The second-order valence-corrected chi connectivity index (χ2v) is 8.02. The fourth-order valence-electron chi connectivity index (χ4n) is 4.94. The van der Waals surface area contributed by atoms with Crippen molar-refractivity contribution in [2.24, 2.45) is 0 Å². The molecule has 4 heteroatoms. The van der Waals surface area contributed by atoms with Gasteiger partial charge in [-0.2, -0.15) is 0 Å². The van der Waals surface area contributed by atoms with Crippen molar-refractivity contribution in [3.63, 3.8) is 0 Å². The summed E-state index contributed by atoms with van der Waals surface area (Å²) in [6.07, 6.45) is 3.69. The van der Waals surface area contributed by atoms with E-state index in [4.69, 9.17) is 4.74 Å². The Labute approximate surface area is 145 Å². The van der Waals surface area contributed by atoms with E-state index in [1.807, 2.05) is 30.3 Å². The summed E-state index contributed by atoms with van der Waals surface area (Å²) in [6.45, 7) is 4.53. The molecule has 0 amide bonds. The van der Waals surface area contributed by atoms with Crippen LogP contribution in [0, 0.1) is 0 Å². The maximum absolute atomic E-state index is 10.6. The van der Waals surface area contributed by atoms with Gasteiger partial charge in [0.15, 0.2) is 6.29 Å². The van der Waals surface area contributed by atoms with E-state index in [0.29, 0.717) is 18.1 Å². The summed E-state index contributed by atoms with van der Waals surface area (Å²) in [4.78, 5) is 0. The fourth-order valence-corrected chi connectivity index (χ4v) is 4.94. The summed E-state index contributed by atoms with van der Waals surface area (Å²) in [5, 5.41) is 20.3. The maximum Gasteiger partial charge on any atom is 0.163 e. The van der Waals surface area contributed by atoms with Crippen LogP contribution in [0.1, 0.15) is 51.0 Å². The Bertz CT molecular complexity index is 519. The lowest BCUT2D eigenvalue weighted by molar-refractivity contribution is -0.968. The van der Waals surface area contributed by atoms with Gasteiger partial charge in [-0.1, -0.05) is 30.3 Å². The van der Waals surface area contributed by atoms with Crippen molar-refractivity contribution < 1.29 is 19.4 Å². The lowest BCUT2D eigenvalue weighted by atomic mass is 9.94. The number of piperidine rings is 1. The molecule has 134 valence electrons. The maximum atomic E-state index is 10.6. The normalized spacial score (nSPS) is 35.2. The quantitative estimate of drug-likeness (QED) is 0.621. The molecule has 2 N–H and O–H groups in total. The van der Waals surface area contributed by atoms with Gasteiger partial charge in [-0.15, -0.1) is 0 Å². The molecule has 4 nitrogen and oxygen atoms in total. The number of hydrogen-bond donors (Lipinski definition) is 2. The van der Waals surface area contributed by atoms with E-state index in [2.05, 4.69) is 20.9 Å². The molecule has 24 heavy (non-hydrogen) atoms. The zero-order valence-corrected chi connectivity index (χ0v) is 15.1. The lowest BCUT2D eigenvalue weighted by Crippen LogP contribution is -2.62. The summed E-state index contributed by atoms with van der Waals surface area (Å²) in [5.41, 5.74) is 0.925. The van der Waals surface area contributed by atoms with E-state index in [1.165, 1.54) is 12.8 Å². The van der Waals surface area contributed by atoms with Gasteiger partial charge in [-0.3, -0.25) is 0 Å². The first-order valence-electron chi connectivity index (χ1n) is 9.31. The number of aliphatic hydroxyl groups excluding tert-OH is 2. The second-order valence-electron chi connectivity index (χ2n) is 8.02. The van der Waals surface area contributed by atoms with Gasteiger partial charge in [0.1, 0.15) is 0 Å². The molecule has 0 spiro atoms. The first kappa shape index (κ1) is 17.9. The molecule has 2 saturated heterocycles. The summed E-state index contributed by atoms with van der Waals surface area (Å²) < 4.78 is 7.19. The van der Waals surface area contributed by atoms with Gasteiger partial charge < -0.3 is 19.4 Å². The molecule has 2 heterocycles. The Morgan fingerprint density at radius 2 is 1.71 bits per heavy atom. The Hall–Kier alpha value is -0.940.